The van der Waals surface area contributed by atoms with Crippen LogP contribution in [0.25, 0.3) is 0 Å². The van der Waals surface area contributed by atoms with Gasteiger partial charge in [0.05, 0.1) is 19.0 Å². The average molecular weight is 297 g/mol. The lowest BCUT2D eigenvalue weighted by atomic mass is 9.98. The SMILES string of the molecule is CN(CC(=O)NC1CC1)C(=O)CN1CCCC(C(=O)O)C1. The summed E-state index contributed by atoms with van der Waals surface area (Å²) < 4.78 is 0. The Morgan fingerprint density at radius 2 is 2.00 bits per heavy atom. The Labute approximate surface area is 124 Å². The van der Waals surface area contributed by atoms with Crippen LogP contribution in [0.1, 0.15) is 25.7 Å². The maximum atomic E-state index is 12.1. The molecular weight excluding hydrogens is 274 g/mol. The van der Waals surface area contributed by atoms with Gasteiger partial charge in [-0.2, -0.15) is 0 Å². The minimum atomic E-state index is -0.802. The Balaban J connectivity index is 1.74. The molecule has 2 aliphatic rings. The molecule has 1 aliphatic carbocycles. The molecule has 0 aromatic carbocycles. The van der Waals surface area contributed by atoms with Crippen LogP contribution in [0, 0.1) is 5.92 Å². The number of carboxylic acids is 1. The number of likely N-dealkylation sites (N-methyl/N-ethyl adjacent to an activating group) is 1. The van der Waals surface area contributed by atoms with Crippen molar-refractivity contribution >= 4 is 17.8 Å². The minimum absolute atomic E-state index is 0.0610. The molecule has 1 aliphatic heterocycles. The molecule has 7 nitrogen and oxygen atoms in total. The zero-order chi connectivity index (χ0) is 15.4. The fraction of sp³-hybridized carbons (Fsp3) is 0.786. The Kier molecular flexibility index (Phi) is 5.17. The van der Waals surface area contributed by atoms with Crippen LogP contribution in [0.2, 0.25) is 0 Å². The highest BCUT2D eigenvalue weighted by molar-refractivity contribution is 5.85. The van der Waals surface area contributed by atoms with Crippen LogP contribution in [0.4, 0.5) is 0 Å². The highest BCUT2D eigenvalue weighted by Gasteiger charge is 2.28. The summed E-state index contributed by atoms with van der Waals surface area (Å²) in [5.41, 5.74) is 0. The molecular formula is C14H23N3O4. The van der Waals surface area contributed by atoms with Crippen molar-refractivity contribution in [3.05, 3.63) is 0 Å². The van der Waals surface area contributed by atoms with Crippen molar-refractivity contribution in [2.75, 3.05) is 33.2 Å². The lowest BCUT2D eigenvalue weighted by molar-refractivity contribution is -0.144. The molecule has 1 saturated heterocycles. The quantitative estimate of drug-likeness (QED) is 0.691. The molecule has 7 heteroatoms. The molecule has 2 rings (SSSR count). The monoisotopic (exact) mass is 297 g/mol. The number of carbonyl (C=O) groups is 3. The molecule has 1 atom stereocenters. The smallest absolute Gasteiger partial charge is 0.307 e. The van der Waals surface area contributed by atoms with Gasteiger partial charge in [0.1, 0.15) is 0 Å². The molecule has 0 radical (unpaired) electrons. The van der Waals surface area contributed by atoms with E-state index in [1.54, 1.807) is 7.05 Å². The third-order valence-corrected chi connectivity index (χ3v) is 3.96. The van der Waals surface area contributed by atoms with Gasteiger partial charge in [-0.15, -0.1) is 0 Å². The van der Waals surface area contributed by atoms with Gasteiger partial charge < -0.3 is 15.3 Å². The van der Waals surface area contributed by atoms with Gasteiger partial charge in [0.25, 0.3) is 0 Å². The van der Waals surface area contributed by atoms with Gasteiger partial charge in [-0.05, 0) is 32.2 Å². The fourth-order valence-electron chi connectivity index (χ4n) is 2.52. The molecule has 2 fully saturated rings. The zero-order valence-electron chi connectivity index (χ0n) is 12.4. The van der Waals surface area contributed by atoms with E-state index in [0.717, 1.165) is 25.8 Å². The van der Waals surface area contributed by atoms with Gasteiger partial charge in [0, 0.05) is 19.6 Å². The van der Waals surface area contributed by atoms with E-state index >= 15 is 0 Å². The maximum Gasteiger partial charge on any atom is 0.307 e. The molecule has 118 valence electrons. The number of carboxylic acid groups (broad SMARTS) is 1. The largest absolute Gasteiger partial charge is 0.481 e. The highest BCUT2D eigenvalue weighted by Crippen LogP contribution is 2.18. The van der Waals surface area contributed by atoms with Crippen molar-refractivity contribution in [3.63, 3.8) is 0 Å². The van der Waals surface area contributed by atoms with E-state index in [4.69, 9.17) is 5.11 Å². The summed E-state index contributed by atoms with van der Waals surface area (Å²) >= 11 is 0. The van der Waals surface area contributed by atoms with E-state index in [-0.39, 0.29) is 24.9 Å². The predicted molar refractivity (Wildman–Crippen MR) is 75.6 cm³/mol. The number of carbonyl (C=O) groups excluding carboxylic acids is 2. The first-order chi connectivity index (χ1) is 9.95. The van der Waals surface area contributed by atoms with E-state index in [0.29, 0.717) is 19.0 Å². The first kappa shape index (κ1) is 15.8. The average Bonchev–Trinajstić information content (AvgIpc) is 3.22. The number of hydrogen-bond acceptors (Lipinski definition) is 4. The molecule has 2 N–H and O–H groups in total. The molecule has 1 unspecified atom stereocenters. The number of hydrogen-bond donors (Lipinski definition) is 2. The maximum absolute atomic E-state index is 12.1. The molecule has 0 aromatic rings. The van der Waals surface area contributed by atoms with Crippen LogP contribution in [0.3, 0.4) is 0 Å². The van der Waals surface area contributed by atoms with E-state index in [2.05, 4.69) is 5.32 Å². The Morgan fingerprint density at radius 3 is 2.62 bits per heavy atom. The van der Waals surface area contributed by atoms with Crippen molar-refractivity contribution in [2.24, 2.45) is 5.92 Å². The van der Waals surface area contributed by atoms with Gasteiger partial charge in [-0.25, -0.2) is 0 Å². The number of rotatable bonds is 6. The third kappa shape index (κ3) is 5.00. The molecule has 2 amide bonds. The van der Waals surface area contributed by atoms with Gasteiger partial charge in [-0.3, -0.25) is 19.3 Å². The van der Waals surface area contributed by atoms with Crippen molar-refractivity contribution in [3.8, 4) is 0 Å². The standard InChI is InChI=1S/C14H23N3O4/c1-16(8-12(18)15-11-4-5-11)13(19)9-17-6-2-3-10(7-17)14(20)21/h10-11H,2-9H2,1H3,(H,15,18)(H,20,21). The molecule has 21 heavy (non-hydrogen) atoms. The van der Waals surface area contributed by atoms with Crippen molar-refractivity contribution < 1.29 is 19.5 Å². The first-order valence-electron chi connectivity index (χ1n) is 7.44. The lowest BCUT2D eigenvalue weighted by Crippen LogP contribution is -2.46. The fourth-order valence-corrected chi connectivity index (χ4v) is 2.52. The summed E-state index contributed by atoms with van der Waals surface area (Å²) in [6.45, 7) is 1.38. The summed E-state index contributed by atoms with van der Waals surface area (Å²) in [5, 5.41) is 11.9. The lowest BCUT2D eigenvalue weighted by Gasteiger charge is -2.31. The van der Waals surface area contributed by atoms with Crippen molar-refractivity contribution in [1.29, 1.82) is 0 Å². The van der Waals surface area contributed by atoms with Crippen molar-refractivity contribution in [1.82, 2.24) is 15.1 Å². The number of nitrogens with one attached hydrogen (secondary N) is 1. The highest BCUT2D eigenvalue weighted by atomic mass is 16.4. The number of piperidine rings is 1. The Morgan fingerprint density at radius 1 is 1.29 bits per heavy atom. The Bertz CT molecular complexity index is 422. The van der Waals surface area contributed by atoms with Crippen LogP contribution in [-0.2, 0) is 14.4 Å². The topological polar surface area (TPSA) is 90.0 Å². The van der Waals surface area contributed by atoms with Crippen LogP contribution in [0.5, 0.6) is 0 Å². The van der Waals surface area contributed by atoms with E-state index in [1.165, 1.54) is 4.90 Å². The second-order valence-electron chi connectivity index (χ2n) is 6.00. The number of likely N-dealkylation sites (tertiary alicyclic amines) is 1. The van der Waals surface area contributed by atoms with E-state index < -0.39 is 11.9 Å². The summed E-state index contributed by atoms with van der Waals surface area (Å²) in [7, 11) is 1.60. The van der Waals surface area contributed by atoms with Crippen molar-refractivity contribution in [2.45, 2.75) is 31.7 Å². The first-order valence-corrected chi connectivity index (χ1v) is 7.44. The molecule has 1 heterocycles. The van der Waals surface area contributed by atoms with E-state index in [1.807, 2.05) is 4.90 Å². The normalized spacial score (nSPS) is 22.6. The van der Waals surface area contributed by atoms with Crippen LogP contribution in [-0.4, -0.2) is 72.0 Å². The predicted octanol–water partition coefficient (Wildman–Crippen LogP) is -0.480. The van der Waals surface area contributed by atoms with Gasteiger partial charge in [0.15, 0.2) is 0 Å². The molecule has 1 saturated carbocycles. The van der Waals surface area contributed by atoms with Gasteiger partial charge in [-0.1, -0.05) is 0 Å². The molecule has 0 spiro atoms. The minimum Gasteiger partial charge on any atom is -0.481 e. The third-order valence-electron chi connectivity index (χ3n) is 3.96. The summed E-state index contributed by atoms with van der Waals surface area (Å²) in [5.74, 6) is -1.47. The zero-order valence-corrected chi connectivity index (χ0v) is 12.4. The van der Waals surface area contributed by atoms with Gasteiger partial charge in [0.2, 0.25) is 11.8 Å². The van der Waals surface area contributed by atoms with Crippen LogP contribution < -0.4 is 5.32 Å². The van der Waals surface area contributed by atoms with E-state index in [9.17, 15) is 14.4 Å². The summed E-state index contributed by atoms with van der Waals surface area (Å²) in [4.78, 5) is 38.0. The number of nitrogens with zero attached hydrogens (tertiary/aromatic N) is 2. The number of amides is 2. The van der Waals surface area contributed by atoms with Crippen LogP contribution >= 0.6 is 0 Å². The molecule has 0 aromatic heterocycles. The van der Waals surface area contributed by atoms with Gasteiger partial charge >= 0.3 is 5.97 Å². The summed E-state index contributed by atoms with van der Waals surface area (Å²) in [6, 6.07) is 0.291. The Hall–Kier alpha value is -1.63. The number of aliphatic carboxylic acids is 1. The second kappa shape index (κ2) is 6.89. The molecule has 0 bridgehead atoms. The summed E-state index contributed by atoms with van der Waals surface area (Å²) in [6.07, 6.45) is 3.50. The second-order valence-corrected chi connectivity index (χ2v) is 6.00. The van der Waals surface area contributed by atoms with Crippen LogP contribution in [0.15, 0.2) is 0 Å².